The van der Waals surface area contributed by atoms with Gasteiger partial charge in [0, 0.05) is 42.6 Å². The van der Waals surface area contributed by atoms with Crippen LogP contribution in [0.4, 0.5) is 11.8 Å². The first-order chi connectivity index (χ1) is 16.0. The number of aromatic nitrogens is 4. The maximum Gasteiger partial charge on any atom is 0.227 e. The van der Waals surface area contributed by atoms with E-state index < -0.39 is 10.8 Å². The number of rotatable bonds is 5. The predicted molar refractivity (Wildman–Crippen MR) is 125 cm³/mol. The van der Waals surface area contributed by atoms with Crippen LogP contribution in [0.25, 0.3) is 0 Å². The van der Waals surface area contributed by atoms with Crippen molar-refractivity contribution in [2.75, 3.05) is 35.7 Å². The molecule has 6 aliphatic rings. The van der Waals surface area contributed by atoms with Crippen LogP contribution in [-0.2, 0) is 16.2 Å². The zero-order valence-corrected chi connectivity index (χ0v) is 19.9. The number of halogens is 1. The number of hydrogen-bond acceptors (Lipinski definition) is 8. The number of fused-ring (bicyclic) bond motifs is 4. The largest absolute Gasteiger partial charge is 0.394 e. The van der Waals surface area contributed by atoms with Crippen molar-refractivity contribution < 1.29 is 9.32 Å². The van der Waals surface area contributed by atoms with E-state index in [0.717, 1.165) is 67.6 Å². The molecule has 33 heavy (non-hydrogen) atoms. The molecule has 0 aromatic carbocycles. The van der Waals surface area contributed by atoms with Gasteiger partial charge in [0.15, 0.2) is 0 Å². The van der Waals surface area contributed by atoms with Crippen LogP contribution in [0, 0.1) is 11.8 Å². The van der Waals surface area contributed by atoms with Gasteiger partial charge in [-0.1, -0.05) is 11.6 Å². The van der Waals surface area contributed by atoms with Crippen molar-refractivity contribution in [3.63, 3.8) is 0 Å². The molecule has 3 atom stereocenters. The average molecular weight is 487 g/mol. The van der Waals surface area contributed by atoms with Gasteiger partial charge < -0.3 is 15.3 Å². The normalized spacial score (nSPS) is 32.1. The van der Waals surface area contributed by atoms with Crippen molar-refractivity contribution in [2.45, 2.75) is 60.3 Å². The maximum absolute atomic E-state index is 13.1. The second-order valence-electron chi connectivity index (χ2n) is 10.7. The van der Waals surface area contributed by atoms with Gasteiger partial charge >= 0.3 is 0 Å². The molecule has 0 amide bonds. The minimum atomic E-state index is -1.09. The number of aliphatic hydroxyl groups excluding tert-OH is 1. The third-order valence-electron chi connectivity index (χ3n) is 8.59. The molecule has 3 unspecified atom stereocenters. The SMILES string of the molecule is O=S1CC2(CC2)c2nc(N3CC4CC(C3)C4c3ncc(Cl)cn3)nc(NC3(CO)CCC3)c21. The van der Waals surface area contributed by atoms with Crippen LogP contribution < -0.4 is 10.2 Å². The van der Waals surface area contributed by atoms with E-state index in [1.165, 1.54) is 6.42 Å². The molecule has 3 aliphatic heterocycles. The fourth-order valence-electron chi connectivity index (χ4n) is 6.31. The first-order valence-electron chi connectivity index (χ1n) is 11.9. The Labute approximate surface area is 200 Å². The summed E-state index contributed by atoms with van der Waals surface area (Å²) >= 11 is 5.98. The summed E-state index contributed by atoms with van der Waals surface area (Å²) in [6, 6.07) is 0. The smallest absolute Gasteiger partial charge is 0.227 e. The van der Waals surface area contributed by atoms with E-state index in [0.29, 0.717) is 34.3 Å². The lowest BCUT2D eigenvalue weighted by Crippen LogP contribution is -2.55. The second kappa shape index (κ2) is 7.09. The summed E-state index contributed by atoms with van der Waals surface area (Å²) in [6.07, 6.45) is 9.54. The number of hydrogen-bond donors (Lipinski definition) is 2. The standard InChI is InChI=1S/C23H27ClN6O2S/c24-15-7-25-19(26-8-15)16-13-6-14(16)10-30(9-13)21-27-18-17(33(32)12-22(18)4-5-22)20(28-21)29-23(11-31)2-1-3-23/h7-8,13-14,16,31H,1-6,9-12H2,(H,27,28,29). The lowest BCUT2D eigenvalue weighted by molar-refractivity contribution is 0.104. The summed E-state index contributed by atoms with van der Waals surface area (Å²) in [5.74, 6) is 4.26. The summed E-state index contributed by atoms with van der Waals surface area (Å²) in [6.45, 7) is 1.80. The highest BCUT2D eigenvalue weighted by Crippen LogP contribution is 2.57. The maximum atomic E-state index is 13.1. The molecule has 174 valence electrons. The minimum absolute atomic E-state index is 0.0291. The van der Waals surface area contributed by atoms with Gasteiger partial charge in [0.1, 0.15) is 16.5 Å². The van der Waals surface area contributed by atoms with E-state index in [-0.39, 0.29) is 17.6 Å². The van der Waals surface area contributed by atoms with E-state index in [9.17, 15) is 9.32 Å². The molecule has 8 nitrogen and oxygen atoms in total. The number of nitrogens with zero attached hydrogens (tertiary/aromatic N) is 5. The average Bonchev–Trinajstić information content (AvgIpc) is 3.51. The van der Waals surface area contributed by atoms with Gasteiger partial charge in [-0.3, -0.25) is 4.21 Å². The van der Waals surface area contributed by atoms with Crippen LogP contribution in [0.5, 0.6) is 0 Å². The molecule has 8 rings (SSSR count). The van der Waals surface area contributed by atoms with Gasteiger partial charge in [-0.2, -0.15) is 4.98 Å². The van der Waals surface area contributed by atoms with Crippen LogP contribution in [0.15, 0.2) is 17.3 Å². The molecule has 2 bridgehead atoms. The van der Waals surface area contributed by atoms with Crippen LogP contribution >= 0.6 is 11.6 Å². The van der Waals surface area contributed by atoms with Gasteiger partial charge in [0.2, 0.25) is 5.95 Å². The number of nitrogens with one attached hydrogen (secondary N) is 1. The molecule has 3 saturated carbocycles. The van der Waals surface area contributed by atoms with Gasteiger partial charge in [-0.25, -0.2) is 15.0 Å². The van der Waals surface area contributed by atoms with Crippen molar-refractivity contribution in [3.05, 3.63) is 28.9 Å². The lowest BCUT2D eigenvalue weighted by Gasteiger charge is -2.52. The summed E-state index contributed by atoms with van der Waals surface area (Å²) in [5.41, 5.74) is 0.611. The third-order valence-corrected chi connectivity index (χ3v) is 10.4. The van der Waals surface area contributed by atoms with Crippen molar-refractivity contribution in [3.8, 4) is 0 Å². The molecule has 2 N–H and O–H groups in total. The summed E-state index contributed by atoms with van der Waals surface area (Å²) < 4.78 is 13.1. The Morgan fingerprint density at radius 1 is 1.15 bits per heavy atom. The summed E-state index contributed by atoms with van der Waals surface area (Å²) in [7, 11) is -1.09. The van der Waals surface area contributed by atoms with Gasteiger partial charge in [-0.15, -0.1) is 0 Å². The van der Waals surface area contributed by atoms with E-state index in [4.69, 9.17) is 21.6 Å². The highest BCUT2D eigenvalue weighted by molar-refractivity contribution is 7.85. The molecular formula is C23H27ClN6O2S. The van der Waals surface area contributed by atoms with Gasteiger partial charge in [-0.05, 0) is 50.4 Å². The summed E-state index contributed by atoms with van der Waals surface area (Å²) in [5, 5.41) is 14.1. The fraction of sp³-hybridized carbons (Fsp3) is 0.652. The molecule has 10 heteroatoms. The Hall–Kier alpha value is -1.84. The number of piperidine rings is 2. The van der Waals surface area contributed by atoms with Crippen LogP contribution in [0.3, 0.4) is 0 Å². The van der Waals surface area contributed by atoms with E-state index >= 15 is 0 Å². The molecule has 2 saturated heterocycles. The zero-order valence-electron chi connectivity index (χ0n) is 18.3. The predicted octanol–water partition coefficient (Wildman–Crippen LogP) is 2.64. The van der Waals surface area contributed by atoms with Crippen LogP contribution in [0.2, 0.25) is 5.02 Å². The van der Waals surface area contributed by atoms with Crippen molar-refractivity contribution >= 4 is 34.2 Å². The monoisotopic (exact) mass is 486 g/mol. The molecule has 1 spiro atoms. The Bertz CT molecular complexity index is 1130. The van der Waals surface area contributed by atoms with Crippen molar-refractivity contribution in [1.82, 2.24) is 19.9 Å². The Kier molecular flexibility index (Phi) is 4.41. The van der Waals surface area contributed by atoms with Crippen molar-refractivity contribution in [1.29, 1.82) is 0 Å². The first kappa shape index (κ1) is 20.5. The molecule has 5 fully saturated rings. The Morgan fingerprint density at radius 3 is 2.48 bits per heavy atom. The molecule has 2 aromatic heterocycles. The first-order valence-corrected chi connectivity index (χ1v) is 13.6. The highest BCUT2D eigenvalue weighted by atomic mass is 35.5. The fourth-order valence-corrected chi connectivity index (χ4v) is 8.27. The molecule has 5 heterocycles. The quantitative estimate of drug-likeness (QED) is 0.664. The molecule has 2 aromatic rings. The lowest BCUT2D eigenvalue weighted by atomic mass is 9.61. The molecule has 3 aliphatic carbocycles. The second-order valence-corrected chi connectivity index (χ2v) is 12.5. The Balaban J connectivity index is 1.21. The number of aliphatic hydroxyl groups is 1. The number of anilines is 2. The third kappa shape index (κ3) is 3.08. The van der Waals surface area contributed by atoms with Gasteiger partial charge in [0.25, 0.3) is 0 Å². The van der Waals surface area contributed by atoms with E-state index in [2.05, 4.69) is 20.2 Å². The topological polar surface area (TPSA) is 104 Å². The molecular weight excluding hydrogens is 460 g/mol. The van der Waals surface area contributed by atoms with E-state index in [1.54, 1.807) is 12.4 Å². The Morgan fingerprint density at radius 2 is 1.88 bits per heavy atom. The minimum Gasteiger partial charge on any atom is -0.394 e. The summed E-state index contributed by atoms with van der Waals surface area (Å²) in [4.78, 5) is 22.0. The molecule has 0 radical (unpaired) electrons. The zero-order chi connectivity index (χ0) is 22.4. The van der Waals surface area contributed by atoms with Crippen molar-refractivity contribution in [2.24, 2.45) is 11.8 Å². The van der Waals surface area contributed by atoms with Gasteiger partial charge in [0.05, 0.1) is 33.7 Å². The highest BCUT2D eigenvalue weighted by Gasteiger charge is 2.56. The van der Waals surface area contributed by atoms with Crippen LogP contribution in [-0.4, -0.2) is 60.2 Å². The van der Waals surface area contributed by atoms with E-state index in [1.807, 2.05) is 0 Å². The van der Waals surface area contributed by atoms with Crippen LogP contribution in [0.1, 0.15) is 56.0 Å².